The smallest absolute Gasteiger partial charge is 0.0431 e. The molecule has 1 fully saturated rings. The van der Waals surface area contributed by atoms with Gasteiger partial charge in [-0.3, -0.25) is 0 Å². The first-order chi connectivity index (χ1) is 6.62. The maximum Gasteiger partial charge on any atom is 0.0431 e. The van der Waals surface area contributed by atoms with Gasteiger partial charge in [0, 0.05) is 24.7 Å². The fourth-order valence-corrected chi connectivity index (χ4v) is 2.10. The summed E-state index contributed by atoms with van der Waals surface area (Å²) in [5.74, 6) is 0.768. The molecule has 0 radical (unpaired) electrons. The van der Waals surface area contributed by atoms with Gasteiger partial charge in [0.1, 0.15) is 0 Å². The minimum Gasteiger partial charge on any atom is -0.396 e. The summed E-state index contributed by atoms with van der Waals surface area (Å²) in [6.07, 6.45) is 4.53. The van der Waals surface area contributed by atoms with E-state index in [9.17, 15) is 0 Å². The average molecular weight is 200 g/mol. The monoisotopic (exact) mass is 200 g/mol. The molecule has 2 unspecified atom stereocenters. The van der Waals surface area contributed by atoms with Crippen LogP contribution in [-0.2, 0) is 0 Å². The molecule has 1 rings (SSSR count). The van der Waals surface area contributed by atoms with E-state index in [2.05, 4.69) is 19.2 Å². The standard InChI is InChI=1S/C11H24N2O/c1-9(4-3-7-14)13-11(2,8-12)10-5-6-10/h9-10,13-14H,3-8,12H2,1-2H3. The number of nitrogens with two attached hydrogens (primary N) is 1. The lowest BCUT2D eigenvalue weighted by Crippen LogP contribution is -2.54. The van der Waals surface area contributed by atoms with Crippen molar-refractivity contribution in [1.29, 1.82) is 0 Å². The first-order valence-electron chi connectivity index (χ1n) is 5.71. The van der Waals surface area contributed by atoms with Crippen LogP contribution in [0.5, 0.6) is 0 Å². The Morgan fingerprint density at radius 3 is 2.64 bits per heavy atom. The molecular weight excluding hydrogens is 176 g/mol. The Morgan fingerprint density at radius 1 is 1.57 bits per heavy atom. The number of rotatable bonds is 7. The topological polar surface area (TPSA) is 58.3 Å². The Bertz CT molecular complexity index is 171. The van der Waals surface area contributed by atoms with Crippen LogP contribution >= 0.6 is 0 Å². The van der Waals surface area contributed by atoms with E-state index in [1.54, 1.807) is 0 Å². The van der Waals surface area contributed by atoms with Crippen LogP contribution in [0, 0.1) is 5.92 Å². The van der Waals surface area contributed by atoms with Crippen LogP contribution in [-0.4, -0.2) is 29.8 Å². The van der Waals surface area contributed by atoms with Gasteiger partial charge >= 0.3 is 0 Å². The molecular formula is C11H24N2O. The summed E-state index contributed by atoms with van der Waals surface area (Å²) in [5.41, 5.74) is 5.93. The van der Waals surface area contributed by atoms with Gasteiger partial charge in [-0.05, 0) is 45.4 Å². The van der Waals surface area contributed by atoms with Gasteiger partial charge < -0.3 is 16.2 Å². The molecule has 1 saturated carbocycles. The molecule has 0 aromatic carbocycles. The second-order valence-corrected chi connectivity index (χ2v) is 4.81. The molecule has 3 heteroatoms. The van der Waals surface area contributed by atoms with Crippen molar-refractivity contribution >= 4 is 0 Å². The van der Waals surface area contributed by atoms with Gasteiger partial charge in [-0.15, -0.1) is 0 Å². The van der Waals surface area contributed by atoms with Crippen molar-refractivity contribution in [3.8, 4) is 0 Å². The van der Waals surface area contributed by atoms with Gasteiger partial charge in [0.2, 0.25) is 0 Å². The minimum absolute atomic E-state index is 0.120. The normalized spacial score (nSPS) is 23.1. The molecule has 1 aliphatic carbocycles. The van der Waals surface area contributed by atoms with E-state index in [0.29, 0.717) is 12.6 Å². The third-order valence-corrected chi connectivity index (χ3v) is 3.27. The van der Waals surface area contributed by atoms with Gasteiger partial charge in [0.25, 0.3) is 0 Å². The summed E-state index contributed by atoms with van der Waals surface area (Å²) in [4.78, 5) is 0. The Balaban J connectivity index is 2.31. The molecule has 3 nitrogen and oxygen atoms in total. The second-order valence-electron chi connectivity index (χ2n) is 4.81. The summed E-state index contributed by atoms with van der Waals surface area (Å²) in [6, 6.07) is 0.455. The SMILES string of the molecule is CC(CCCO)NC(C)(CN)C1CC1. The van der Waals surface area contributed by atoms with E-state index in [1.807, 2.05) is 0 Å². The quantitative estimate of drug-likeness (QED) is 0.571. The fourth-order valence-electron chi connectivity index (χ4n) is 2.10. The predicted octanol–water partition coefficient (Wildman–Crippen LogP) is 0.864. The van der Waals surface area contributed by atoms with Crippen molar-refractivity contribution in [3.05, 3.63) is 0 Å². The summed E-state index contributed by atoms with van der Waals surface area (Å²) < 4.78 is 0. The van der Waals surface area contributed by atoms with Crippen molar-refractivity contribution in [2.45, 2.75) is 51.1 Å². The highest BCUT2D eigenvalue weighted by Crippen LogP contribution is 2.39. The molecule has 14 heavy (non-hydrogen) atoms. The summed E-state index contributed by atoms with van der Waals surface area (Å²) in [7, 11) is 0. The summed E-state index contributed by atoms with van der Waals surface area (Å²) in [5, 5.41) is 12.3. The van der Waals surface area contributed by atoms with E-state index < -0.39 is 0 Å². The highest BCUT2D eigenvalue weighted by Gasteiger charge is 2.40. The van der Waals surface area contributed by atoms with Gasteiger partial charge in [-0.2, -0.15) is 0 Å². The van der Waals surface area contributed by atoms with Crippen molar-refractivity contribution < 1.29 is 5.11 Å². The molecule has 0 aromatic rings. The van der Waals surface area contributed by atoms with Crippen molar-refractivity contribution in [3.63, 3.8) is 0 Å². The Labute approximate surface area is 87.1 Å². The van der Waals surface area contributed by atoms with Crippen LogP contribution in [0.3, 0.4) is 0 Å². The van der Waals surface area contributed by atoms with Crippen LogP contribution in [0.4, 0.5) is 0 Å². The molecule has 0 aromatic heterocycles. The van der Waals surface area contributed by atoms with Crippen molar-refractivity contribution in [1.82, 2.24) is 5.32 Å². The average Bonchev–Trinajstić information content (AvgIpc) is 2.97. The van der Waals surface area contributed by atoms with Crippen LogP contribution in [0.1, 0.15) is 39.5 Å². The Hall–Kier alpha value is -0.120. The molecule has 1 aliphatic rings. The third-order valence-electron chi connectivity index (χ3n) is 3.27. The minimum atomic E-state index is 0.120. The lowest BCUT2D eigenvalue weighted by molar-refractivity contribution is 0.248. The summed E-state index contributed by atoms with van der Waals surface area (Å²) >= 11 is 0. The lowest BCUT2D eigenvalue weighted by atomic mass is 9.94. The maximum absolute atomic E-state index is 8.74. The lowest BCUT2D eigenvalue weighted by Gasteiger charge is -2.33. The molecule has 0 heterocycles. The molecule has 84 valence electrons. The molecule has 4 N–H and O–H groups in total. The maximum atomic E-state index is 8.74. The van der Waals surface area contributed by atoms with Crippen molar-refractivity contribution in [2.24, 2.45) is 11.7 Å². The highest BCUT2D eigenvalue weighted by molar-refractivity contribution is 4.99. The van der Waals surface area contributed by atoms with Gasteiger partial charge in [0.05, 0.1) is 0 Å². The van der Waals surface area contributed by atoms with Crippen LogP contribution in [0.25, 0.3) is 0 Å². The van der Waals surface area contributed by atoms with E-state index >= 15 is 0 Å². The Kier molecular flexibility index (Phi) is 4.35. The molecule has 0 spiro atoms. The number of nitrogens with one attached hydrogen (secondary N) is 1. The molecule has 0 aliphatic heterocycles. The largest absolute Gasteiger partial charge is 0.396 e. The van der Waals surface area contributed by atoms with E-state index in [0.717, 1.165) is 18.8 Å². The molecule has 0 saturated heterocycles. The Morgan fingerprint density at radius 2 is 2.21 bits per heavy atom. The van der Waals surface area contributed by atoms with Crippen molar-refractivity contribution in [2.75, 3.05) is 13.2 Å². The second kappa shape index (κ2) is 5.10. The van der Waals surface area contributed by atoms with Gasteiger partial charge in [-0.1, -0.05) is 0 Å². The summed E-state index contributed by atoms with van der Waals surface area (Å²) in [6.45, 7) is 5.39. The van der Waals surface area contributed by atoms with Crippen LogP contribution in [0.15, 0.2) is 0 Å². The first-order valence-corrected chi connectivity index (χ1v) is 5.71. The predicted molar refractivity (Wildman–Crippen MR) is 59.1 cm³/mol. The van der Waals surface area contributed by atoms with Crippen LogP contribution < -0.4 is 11.1 Å². The number of aliphatic hydroxyl groups excluding tert-OH is 1. The van der Waals surface area contributed by atoms with E-state index in [1.165, 1.54) is 12.8 Å². The fraction of sp³-hybridized carbons (Fsp3) is 1.00. The molecule has 0 amide bonds. The number of hydrogen-bond acceptors (Lipinski definition) is 3. The van der Waals surface area contributed by atoms with Gasteiger partial charge in [-0.25, -0.2) is 0 Å². The zero-order valence-corrected chi connectivity index (χ0v) is 9.42. The van der Waals surface area contributed by atoms with Gasteiger partial charge in [0.15, 0.2) is 0 Å². The number of aliphatic hydroxyl groups is 1. The molecule has 0 bridgehead atoms. The molecule has 2 atom stereocenters. The zero-order valence-electron chi connectivity index (χ0n) is 9.42. The zero-order chi connectivity index (χ0) is 10.6. The highest BCUT2D eigenvalue weighted by atomic mass is 16.2. The van der Waals surface area contributed by atoms with E-state index in [-0.39, 0.29) is 12.1 Å². The first kappa shape index (κ1) is 12.0. The number of hydrogen-bond donors (Lipinski definition) is 3. The van der Waals surface area contributed by atoms with E-state index in [4.69, 9.17) is 10.8 Å². The van der Waals surface area contributed by atoms with Crippen LogP contribution in [0.2, 0.25) is 0 Å². The third kappa shape index (κ3) is 3.23.